The largest absolute Gasteiger partial charge is 0.485 e. The van der Waals surface area contributed by atoms with Gasteiger partial charge in [-0.25, -0.2) is 0 Å². The number of Topliss-reactive ketones (excluding diaryl/α,β-unsaturated/α-hetero) is 1. The van der Waals surface area contributed by atoms with Crippen molar-refractivity contribution in [2.75, 3.05) is 19.7 Å². The number of rotatable bonds is 1. The van der Waals surface area contributed by atoms with Crippen LogP contribution in [0.15, 0.2) is 48.5 Å². The molecule has 5 rings (SSSR count). The first-order valence-electron chi connectivity index (χ1n) is 9.12. The highest BCUT2D eigenvalue weighted by Gasteiger charge is 2.48. The van der Waals surface area contributed by atoms with Crippen LogP contribution in [0.1, 0.15) is 23.2 Å². The van der Waals surface area contributed by atoms with Crippen molar-refractivity contribution in [1.29, 1.82) is 0 Å². The minimum absolute atomic E-state index is 0.0670. The second-order valence-electron chi connectivity index (χ2n) is 7.26. The fraction of sp³-hybridized carbons (Fsp3) is 0.333. The standard InChI is InChI=1S/C21H19NO5/c23-15-11-21(27-16-6-2-1-5-14(15)16)9-10-22(13-21)20(24)19-12-25-17-7-3-4-8-18(17)26-19/h1-8,19H,9-13H2. The van der Waals surface area contributed by atoms with Gasteiger partial charge in [-0.3, -0.25) is 9.59 Å². The number of amides is 1. The molecule has 1 amide bonds. The molecule has 0 aromatic heterocycles. The molecule has 3 aliphatic heterocycles. The molecule has 3 aliphatic rings. The zero-order chi connectivity index (χ0) is 18.4. The smallest absolute Gasteiger partial charge is 0.267 e. The predicted octanol–water partition coefficient (Wildman–Crippen LogP) is 2.46. The molecule has 3 heterocycles. The van der Waals surface area contributed by atoms with E-state index in [-0.39, 0.29) is 18.3 Å². The van der Waals surface area contributed by atoms with Gasteiger partial charge in [-0.05, 0) is 24.3 Å². The first-order valence-corrected chi connectivity index (χ1v) is 9.12. The van der Waals surface area contributed by atoms with Crippen molar-refractivity contribution in [1.82, 2.24) is 4.90 Å². The lowest BCUT2D eigenvalue weighted by Crippen LogP contribution is -2.49. The van der Waals surface area contributed by atoms with E-state index in [9.17, 15) is 9.59 Å². The Labute approximate surface area is 156 Å². The monoisotopic (exact) mass is 365 g/mol. The number of nitrogens with zero attached hydrogens (tertiary/aromatic N) is 1. The molecule has 1 spiro atoms. The van der Waals surface area contributed by atoms with Crippen molar-refractivity contribution < 1.29 is 23.8 Å². The van der Waals surface area contributed by atoms with Crippen molar-refractivity contribution in [3.8, 4) is 17.2 Å². The minimum Gasteiger partial charge on any atom is -0.485 e. The Morgan fingerprint density at radius 3 is 2.63 bits per heavy atom. The molecule has 6 nitrogen and oxygen atoms in total. The summed E-state index contributed by atoms with van der Waals surface area (Å²) in [7, 11) is 0. The summed E-state index contributed by atoms with van der Waals surface area (Å²) >= 11 is 0. The first-order chi connectivity index (χ1) is 13.1. The van der Waals surface area contributed by atoms with Crippen LogP contribution in [0.4, 0.5) is 0 Å². The van der Waals surface area contributed by atoms with E-state index < -0.39 is 11.7 Å². The molecular weight excluding hydrogens is 346 g/mol. The van der Waals surface area contributed by atoms with E-state index in [1.54, 1.807) is 17.0 Å². The van der Waals surface area contributed by atoms with Gasteiger partial charge >= 0.3 is 0 Å². The fourth-order valence-corrected chi connectivity index (χ4v) is 4.05. The lowest BCUT2D eigenvalue weighted by atomic mass is 9.89. The van der Waals surface area contributed by atoms with Crippen LogP contribution in [-0.2, 0) is 4.79 Å². The highest BCUT2D eigenvalue weighted by molar-refractivity contribution is 6.00. The third-order valence-corrected chi connectivity index (χ3v) is 5.41. The Hall–Kier alpha value is -3.02. The number of fused-ring (bicyclic) bond motifs is 2. The van der Waals surface area contributed by atoms with E-state index in [1.165, 1.54) is 0 Å². The minimum atomic E-state index is -0.679. The van der Waals surface area contributed by atoms with Crippen LogP contribution < -0.4 is 14.2 Å². The topological polar surface area (TPSA) is 65.1 Å². The molecule has 2 aromatic carbocycles. The summed E-state index contributed by atoms with van der Waals surface area (Å²) in [6.45, 7) is 1.10. The lowest BCUT2D eigenvalue weighted by molar-refractivity contribution is -0.140. The van der Waals surface area contributed by atoms with Crippen LogP contribution in [0.25, 0.3) is 0 Å². The maximum absolute atomic E-state index is 12.9. The van der Waals surface area contributed by atoms with Gasteiger partial charge in [-0.1, -0.05) is 24.3 Å². The number of hydrogen-bond acceptors (Lipinski definition) is 5. The summed E-state index contributed by atoms with van der Waals surface area (Å²) in [5.74, 6) is 1.77. The highest BCUT2D eigenvalue weighted by Crippen LogP contribution is 2.39. The van der Waals surface area contributed by atoms with E-state index >= 15 is 0 Å². The van der Waals surface area contributed by atoms with Gasteiger partial charge in [0.25, 0.3) is 5.91 Å². The molecule has 2 atom stereocenters. The molecule has 2 unspecified atom stereocenters. The summed E-state index contributed by atoms with van der Waals surface area (Å²) < 4.78 is 17.7. The van der Waals surface area contributed by atoms with Crippen LogP contribution in [0.3, 0.4) is 0 Å². The molecule has 0 radical (unpaired) electrons. The molecule has 1 saturated heterocycles. The number of ether oxygens (including phenoxy) is 3. The number of ketones is 1. The zero-order valence-electron chi connectivity index (χ0n) is 14.7. The van der Waals surface area contributed by atoms with Crippen LogP contribution in [0.2, 0.25) is 0 Å². The van der Waals surface area contributed by atoms with Gasteiger partial charge in [0.2, 0.25) is 6.10 Å². The molecule has 0 N–H and O–H groups in total. The van der Waals surface area contributed by atoms with Gasteiger partial charge in [0.15, 0.2) is 17.3 Å². The van der Waals surface area contributed by atoms with Crippen LogP contribution in [0.5, 0.6) is 17.2 Å². The average Bonchev–Trinajstić information content (AvgIpc) is 3.10. The molecule has 0 bridgehead atoms. The maximum Gasteiger partial charge on any atom is 0.267 e. The van der Waals surface area contributed by atoms with Crippen molar-refractivity contribution in [3.05, 3.63) is 54.1 Å². The third kappa shape index (κ3) is 2.72. The number of likely N-dealkylation sites (tertiary alicyclic amines) is 1. The number of carbonyl (C=O) groups excluding carboxylic acids is 2. The van der Waals surface area contributed by atoms with E-state index in [1.807, 2.05) is 36.4 Å². The third-order valence-electron chi connectivity index (χ3n) is 5.41. The Morgan fingerprint density at radius 2 is 1.78 bits per heavy atom. The maximum atomic E-state index is 12.9. The van der Waals surface area contributed by atoms with Gasteiger partial charge in [-0.15, -0.1) is 0 Å². The normalized spacial score (nSPS) is 25.9. The fourth-order valence-electron chi connectivity index (χ4n) is 4.05. The predicted molar refractivity (Wildman–Crippen MR) is 96.3 cm³/mol. The number of hydrogen-bond donors (Lipinski definition) is 0. The number of benzene rings is 2. The average molecular weight is 365 g/mol. The van der Waals surface area contributed by atoms with Crippen molar-refractivity contribution in [2.24, 2.45) is 0 Å². The van der Waals surface area contributed by atoms with Gasteiger partial charge in [0, 0.05) is 13.0 Å². The Balaban J connectivity index is 1.32. The summed E-state index contributed by atoms with van der Waals surface area (Å²) in [5, 5.41) is 0. The molecule has 1 fully saturated rings. The van der Waals surface area contributed by atoms with Crippen molar-refractivity contribution in [2.45, 2.75) is 24.5 Å². The van der Waals surface area contributed by atoms with Crippen LogP contribution in [-0.4, -0.2) is 48.0 Å². The highest BCUT2D eigenvalue weighted by atomic mass is 16.6. The summed E-state index contributed by atoms with van der Waals surface area (Å²) in [6.07, 6.45) is 0.239. The van der Waals surface area contributed by atoms with E-state index in [0.717, 1.165) is 0 Å². The van der Waals surface area contributed by atoms with Gasteiger partial charge in [0.05, 0.1) is 18.5 Å². The second-order valence-corrected chi connectivity index (χ2v) is 7.26. The first kappa shape index (κ1) is 16.2. The quantitative estimate of drug-likeness (QED) is 0.777. The summed E-state index contributed by atoms with van der Waals surface area (Å²) in [6, 6.07) is 14.6. The molecule has 0 saturated carbocycles. The van der Waals surface area contributed by atoms with Gasteiger partial charge in [-0.2, -0.15) is 0 Å². The molecule has 138 valence electrons. The summed E-state index contributed by atoms with van der Waals surface area (Å²) in [5.41, 5.74) is -0.0253. The van der Waals surface area contributed by atoms with Gasteiger partial charge < -0.3 is 19.1 Å². The number of carbonyl (C=O) groups is 2. The molecular formula is C21H19NO5. The van der Waals surface area contributed by atoms with E-state index in [2.05, 4.69) is 0 Å². The molecule has 2 aromatic rings. The SMILES string of the molecule is O=C1CC2(CCN(C(=O)C3COc4ccccc4O3)C2)Oc2ccccc21. The van der Waals surface area contributed by atoms with E-state index in [0.29, 0.717) is 48.7 Å². The van der Waals surface area contributed by atoms with E-state index in [4.69, 9.17) is 14.2 Å². The molecule has 27 heavy (non-hydrogen) atoms. The Morgan fingerprint density at radius 1 is 1.04 bits per heavy atom. The lowest BCUT2D eigenvalue weighted by Gasteiger charge is -2.35. The van der Waals surface area contributed by atoms with Crippen molar-refractivity contribution >= 4 is 11.7 Å². The molecule has 0 aliphatic carbocycles. The Kier molecular flexibility index (Phi) is 3.60. The number of para-hydroxylation sites is 3. The Bertz CT molecular complexity index is 926. The zero-order valence-corrected chi connectivity index (χ0v) is 14.7. The van der Waals surface area contributed by atoms with Crippen LogP contribution in [0, 0.1) is 0 Å². The molecule has 6 heteroatoms. The van der Waals surface area contributed by atoms with Crippen molar-refractivity contribution in [3.63, 3.8) is 0 Å². The van der Waals surface area contributed by atoms with Gasteiger partial charge in [0.1, 0.15) is 18.0 Å². The van der Waals surface area contributed by atoms with Crippen LogP contribution >= 0.6 is 0 Å². The summed E-state index contributed by atoms with van der Waals surface area (Å²) in [4.78, 5) is 27.2. The second kappa shape index (κ2) is 6.01.